The van der Waals surface area contributed by atoms with Crippen molar-refractivity contribution in [3.63, 3.8) is 0 Å². The van der Waals surface area contributed by atoms with Crippen LogP contribution in [0.15, 0.2) is 18.2 Å². The Labute approximate surface area is 123 Å². The van der Waals surface area contributed by atoms with Crippen LogP contribution < -0.4 is 11.1 Å². The molecule has 1 aromatic rings. The van der Waals surface area contributed by atoms with Crippen LogP contribution in [0.2, 0.25) is 0 Å². The maximum atomic E-state index is 11.9. The second kappa shape index (κ2) is 10.4. The third-order valence-electron chi connectivity index (χ3n) is 3.01. The zero-order valence-electron chi connectivity index (χ0n) is 13.5. The maximum absolute atomic E-state index is 11.9. The number of nitrogens with two attached hydrogens (primary N) is 1. The molecule has 0 aliphatic carbocycles. The molecule has 1 aromatic carbocycles. The van der Waals surface area contributed by atoms with E-state index in [1.54, 1.807) is 0 Å². The summed E-state index contributed by atoms with van der Waals surface area (Å²) in [7, 11) is 0. The summed E-state index contributed by atoms with van der Waals surface area (Å²) in [5.74, 6) is 0.0612. The van der Waals surface area contributed by atoms with Gasteiger partial charge in [-0.1, -0.05) is 39.0 Å². The van der Waals surface area contributed by atoms with E-state index in [9.17, 15) is 4.79 Å². The Morgan fingerprint density at radius 3 is 2.00 bits per heavy atom. The Kier molecular flexibility index (Phi) is 9.68. The number of aryl methyl sites for hydroxylation is 2. The number of benzene rings is 1. The molecule has 0 saturated heterocycles. The van der Waals surface area contributed by atoms with Crippen molar-refractivity contribution in [2.24, 2.45) is 5.73 Å². The topological polar surface area (TPSA) is 58.4 Å². The summed E-state index contributed by atoms with van der Waals surface area (Å²) >= 11 is 0. The molecule has 0 aromatic heterocycles. The molecule has 0 aliphatic rings. The van der Waals surface area contributed by atoms with Gasteiger partial charge in [0.15, 0.2) is 0 Å². The maximum Gasteiger partial charge on any atom is 0.238 e. The number of carbonyl (C=O) groups is 1. The Hall–Kier alpha value is -1.39. The van der Waals surface area contributed by atoms with Crippen LogP contribution in [-0.4, -0.2) is 37.0 Å². The average molecular weight is 279 g/mol. The Balaban J connectivity index is 0.00000110. The summed E-state index contributed by atoms with van der Waals surface area (Å²) < 4.78 is 0. The lowest BCUT2D eigenvalue weighted by Gasteiger charge is -2.18. The molecule has 1 amide bonds. The van der Waals surface area contributed by atoms with Crippen LogP contribution in [0.4, 0.5) is 5.69 Å². The number of carbonyl (C=O) groups excluding carboxylic acids is 1. The van der Waals surface area contributed by atoms with Crippen LogP contribution in [0.25, 0.3) is 0 Å². The summed E-state index contributed by atoms with van der Waals surface area (Å²) in [6.45, 7) is 13.1. The standard InChI is InChI=1S/C14H22N2O.C2H7N/c1-5-16(6-2)10-13(17)15-14-11(3)8-7-9-12(14)4;1-2-3/h7-9H,5-6,10H2,1-4H3,(H,15,17);2-3H2,1H3. The molecule has 0 fully saturated rings. The summed E-state index contributed by atoms with van der Waals surface area (Å²) in [6, 6.07) is 6.03. The third kappa shape index (κ3) is 6.68. The van der Waals surface area contributed by atoms with E-state index >= 15 is 0 Å². The number of anilines is 1. The van der Waals surface area contributed by atoms with Gasteiger partial charge in [0.2, 0.25) is 5.91 Å². The van der Waals surface area contributed by atoms with E-state index in [1.807, 2.05) is 39.0 Å². The molecule has 0 aliphatic heterocycles. The first-order valence-electron chi connectivity index (χ1n) is 7.28. The van der Waals surface area contributed by atoms with Gasteiger partial charge in [0.1, 0.15) is 0 Å². The van der Waals surface area contributed by atoms with Gasteiger partial charge in [0.05, 0.1) is 6.54 Å². The smallest absolute Gasteiger partial charge is 0.238 e. The first-order chi connectivity index (χ1) is 9.49. The molecule has 0 spiro atoms. The van der Waals surface area contributed by atoms with Crippen molar-refractivity contribution in [1.82, 2.24) is 4.90 Å². The zero-order chi connectivity index (χ0) is 15.5. The van der Waals surface area contributed by atoms with Gasteiger partial charge >= 0.3 is 0 Å². The highest BCUT2D eigenvalue weighted by Crippen LogP contribution is 2.19. The number of hydrogen-bond acceptors (Lipinski definition) is 3. The van der Waals surface area contributed by atoms with Gasteiger partial charge < -0.3 is 11.1 Å². The number of hydrogen-bond donors (Lipinski definition) is 2. The van der Waals surface area contributed by atoms with E-state index in [4.69, 9.17) is 5.73 Å². The molecular formula is C16H29N3O. The van der Waals surface area contributed by atoms with Crippen LogP contribution in [0.3, 0.4) is 0 Å². The van der Waals surface area contributed by atoms with Crippen molar-refractivity contribution in [1.29, 1.82) is 0 Å². The molecule has 0 atom stereocenters. The van der Waals surface area contributed by atoms with E-state index in [0.29, 0.717) is 6.54 Å². The Morgan fingerprint density at radius 2 is 1.60 bits per heavy atom. The second-order valence-corrected chi connectivity index (χ2v) is 4.68. The van der Waals surface area contributed by atoms with Gasteiger partial charge in [-0.3, -0.25) is 9.69 Å². The molecule has 0 unspecified atom stereocenters. The fourth-order valence-corrected chi connectivity index (χ4v) is 1.84. The quantitative estimate of drug-likeness (QED) is 0.871. The van der Waals surface area contributed by atoms with Crippen molar-refractivity contribution < 1.29 is 4.79 Å². The minimum atomic E-state index is 0.0612. The van der Waals surface area contributed by atoms with Gasteiger partial charge in [0.25, 0.3) is 0 Å². The number of para-hydroxylation sites is 1. The lowest BCUT2D eigenvalue weighted by atomic mass is 10.1. The van der Waals surface area contributed by atoms with Crippen molar-refractivity contribution in [3.05, 3.63) is 29.3 Å². The van der Waals surface area contributed by atoms with Crippen LogP contribution >= 0.6 is 0 Å². The van der Waals surface area contributed by atoms with Gasteiger partial charge in [-0.05, 0) is 44.6 Å². The second-order valence-electron chi connectivity index (χ2n) is 4.68. The highest BCUT2D eigenvalue weighted by atomic mass is 16.2. The third-order valence-corrected chi connectivity index (χ3v) is 3.01. The summed E-state index contributed by atoms with van der Waals surface area (Å²) in [4.78, 5) is 14.0. The first-order valence-corrected chi connectivity index (χ1v) is 7.28. The van der Waals surface area contributed by atoms with Crippen molar-refractivity contribution in [2.75, 3.05) is 31.5 Å². The molecule has 4 heteroatoms. The monoisotopic (exact) mass is 279 g/mol. The van der Waals surface area contributed by atoms with Crippen LogP contribution in [0.5, 0.6) is 0 Å². The number of rotatable bonds is 5. The highest BCUT2D eigenvalue weighted by Gasteiger charge is 2.09. The van der Waals surface area contributed by atoms with Crippen LogP contribution in [0, 0.1) is 13.8 Å². The number of nitrogens with zero attached hydrogens (tertiary/aromatic N) is 1. The van der Waals surface area contributed by atoms with Gasteiger partial charge in [0, 0.05) is 5.69 Å². The largest absolute Gasteiger partial charge is 0.331 e. The molecular weight excluding hydrogens is 250 g/mol. The van der Waals surface area contributed by atoms with E-state index in [-0.39, 0.29) is 5.91 Å². The molecule has 0 heterocycles. The van der Waals surface area contributed by atoms with Gasteiger partial charge in [-0.25, -0.2) is 0 Å². The fraction of sp³-hybridized carbons (Fsp3) is 0.562. The lowest BCUT2D eigenvalue weighted by Crippen LogP contribution is -2.33. The summed E-state index contributed by atoms with van der Waals surface area (Å²) in [5.41, 5.74) is 8.01. The molecule has 0 bridgehead atoms. The van der Waals surface area contributed by atoms with E-state index in [2.05, 4.69) is 24.1 Å². The minimum absolute atomic E-state index is 0.0612. The molecule has 20 heavy (non-hydrogen) atoms. The van der Waals surface area contributed by atoms with Crippen molar-refractivity contribution >= 4 is 11.6 Å². The number of amides is 1. The van der Waals surface area contributed by atoms with Crippen LogP contribution in [0.1, 0.15) is 31.9 Å². The highest BCUT2D eigenvalue weighted by molar-refractivity contribution is 5.93. The predicted octanol–water partition coefficient (Wildman–Crippen LogP) is 2.55. The average Bonchev–Trinajstić information content (AvgIpc) is 2.41. The van der Waals surface area contributed by atoms with Crippen molar-refractivity contribution in [3.8, 4) is 0 Å². The molecule has 3 N–H and O–H groups in total. The summed E-state index contributed by atoms with van der Waals surface area (Å²) in [6.07, 6.45) is 0. The molecule has 0 radical (unpaired) electrons. The normalized spacial score (nSPS) is 9.95. The SMILES string of the molecule is CCN.CCN(CC)CC(=O)Nc1c(C)cccc1C. The molecule has 1 rings (SSSR count). The molecule has 114 valence electrons. The Bertz CT molecular complexity index is 380. The summed E-state index contributed by atoms with van der Waals surface area (Å²) in [5, 5.41) is 3.00. The fourth-order valence-electron chi connectivity index (χ4n) is 1.84. The number of likely N-dealkylation sites (N-methyl/N-ethyl adjacent to an activating group) is 1. The van der Waals surface area contributed by atoms with E-state index in [0.717, 1.165) is 36.4 Å². The predicted molar refractivity (Wildman–Crippen MR) is 87.1 cm³/mol. The molecule has 0 saturated carbocycles. The van der Waals surface area contributed by atoms with E-state index < -0.39 is 0 Å². The Morgan fingerprint density at radius 1 is 1.15 bits per heavy atom. The zero-order valence-corrected chi connectivity index (χ0v) is 13.5. The van der Waals surface area contributed by atoms with Crippen LogP contribution in [-0.2, 0) is 4.79 Å². The first kappa shape index (κ1) is 18.6. The van der Waals surface area contributed by atoms with Crippen molar-refractivity contribution in [2.45, 2.75) is 34.6 Å². The number of nitrogens with one attached hydrogen (secondary N) is 1. The molecule has 4 nitrogen and oxygen atoms in total. The van der Waals surface area contributed by atoms with Gasteiger partial charge in [-0.2, -0.15) is 0 Å². The minimum Gasteiger partial charge on any atom is -0.331 e. The lowest BCUT2D eigenvalue weighted by molar-refractivity contribution is -0.117. The van der Waals surface area contributed by atoms with Gasteiger partial charge in [-0.15, -0.1) is 0 Å². The van der Waals surface area contributed by atoms with E-state index in [1.165, 1.54) is 0 Å².